The molecule has 0 radical (unpaired) electrons. The van der Waals surface area contributed by atoms with Crippen LogP contribution in [0.5, 0.6) is 0 Å². The van der Waals surface area contributed by atoms with E-state index in [1.165, 1.54) is 17.6 Å². The van der Waals surface area contributed by atoms with Gasteiger partial charge >= 0.3 is 0 Å². The first-order chi connectivity index (χ1) is 7.83. The third-order valence-electron chi connectivity index (χ3n) is 2.24. The lowest BCUT2D eigenvalue weighted by Crippen LogP contribution is -2.12. The van der Waals surface area contributed by atoms with Gasteiger partial charge in [0.05, 0.1) is 5.69 Å². The van der Waals surface area contributed by atoms with E-state index >= 15 is 0 Å². The summed E-state index contributed by atoms with van der Waals surface area (Å²) in [6.07, 6.45) is 1.24. The molecule has 0 unspecified atom stereocenters. The number of rotatable bonds is 6. The molecule has 6 heteroatoms. The molecule has 0 aliphatic carbocycles. The molecule has 0 fully saturated rings. The van der Waals surface area contributed by atoms with Gasteiger partial charge in [-0.25, -0.2) is 13.4 Å². The molecule has 0 saturated carbocycles. The van der Waals surface area contributed by atoms with Crippen molar-refractivity contribution in [2.75, 3.05) is 12.8 Å². The van der Waals surface area contributed by atoms with Gasteiger partial charge in [0, 0.05) is 17.7 Å². The molecule has 0 amide bonds. The van der Waals surface area contributed by atoms with Gasteiger partial charge in [-0.05, 0) is 12.5 Å². The molecule has 0 spiro atoms. The molecule has 0 bridgehead atoms. The van der Waals surface area contributed by atoms with Crippen LogP contribution in [0.15, 0.2) is 0 Å². The summed E-state index contributed by atoms with van der Waals surface area (Å²) in [6.45, 7) is 7.87. The smallest absolute Gasteiger partial charge is 0.153 e. The van der Waals surface area contributed by atoms with Crippen LogP contribution in [0.4, 0.5) is 0 Å². The third kappa shape index (κ3) is 4.73. The summed E-state index contributed by atoms with van der Waals surface area (Å²) in [6, 6.07) is 0. The zero-order valence-corrected chi connectivity index (χ0v) is 12.4. The van der Waals surface area contributed by atoms with Gasteiger partial charge in [-0.15, -0.1) is 11.3 Å². The minimum absolute atomic E-state index is 0.0452. The van der Waals surface area contributed by atoms with Crippen molar-refractivity contribution in [3.05, 3.63) is 15.6 Å². The number of hydrogen-bond donors (Lipinski definition) is 1. The van der Waals surface area contributed by atoms with Crippen LogP contribution in [0.2, 0.25) is 0 Å². The molecule has 0 aliphatic heterocycles. The predicted octanol–water partition coefficient (Wildman–Crippen LogP) is 1.92. The fourth-order valence-electron chi connectivity index (χ4n) is 1.52. The second kappa shape index (κ2) is 5.93. The van der Waals surface area contributed by atoms with Gasteiger partial charge < -0.3 is 5.32 Å². The predicted molar refractivity (Wildman–Crippen MR) is 72.1 cm³/mol. The summed E-state index contributed by atoms with van der Waals surface area (Å²) in [4.78, 5) is 5.60. The highest BCUT2D eigenvalue weighted by Crippen LogP contribution is 2.26. The molecule has 1 heterocycles. The molecule has 1 aromatic heterocycles. The van der Waals surface area contributed by atoms with Crippen molar-refractivity contribution in [3.8, 4) is 0 Å². The van der Waals surface area contributed by atoms with Gasteiger partial charge in [-0.1, -0.05) is 20.8 Å². The fraction of sp³-hybridized carbons (Fsp3) is 0.727. The molecular formula is C11H20N2O2S2. The number of sulfone groups is 1. The van der Waals surface area contributed by atoms with Gasteiger partial charge in [0.15, 0.2) is 9.84 Å². The van der Waals surface area contributed by atoms with E-state index in [2.05, 4.69) is 24.1 Å². The first-order valence-corrected chi connectivity index (χ1v) is 8.58. The Kier molecular flexibility index (Phi) is 5.09. The van der Waals surface area contributed by atoms with Crippen molar-refractivity contribution < 1.29 is 8.42 Å². The molecule has 1 N–H and O–H groups in total. The lowest BCUT2D eigenvalue weighted by Gasteiger charge is -2.04. The van der Waals surface area contributed by atoms with Crippen LogP contribution in [-0.2, 0) is 22.1 Å². The standard InChI is InChI=1S/C11H20N2O2S2/c1-5-12-6-9-11(8(2)3)13-10(16-9)7-17(4,14)15/h8,12H,5-7H2,1-4H3. The van der Waals surface area contributed by atoms with E-state index in [9.17, 15) is 8.42 Å². The molecule has 0 saturated heterocycles. The van der Waals surface area contributed by atoms with Crippen LogP contribution >= 0.6 is 11.3 Å². The Morgan fingerprint density at radius 1 is 1.41 bits per heavy atom. The number of hydrogen-bond acceptors (Lipinski definition) is 5. The Bertz CT molecular complexity index is 464. The molecule has 1 aromatic rings. The Morgan fingerprint density at radius 2 is 2.06 bits per heavy atom. The van der Waals surface area contributed by atoms with Gasteiger partial charge in [-0.2, -0.15) is 0 Å². The molecular weight excluding hydrogens is 256 g/mol. The zero-order chi connectivity index (χ0) is 13.1. The SMILES string of the molecule is CCNCc1sc(CS(C)(=O)=O)nc1C(C)C. The van der Waals surface area contributed by atoms with Crippen LogP contribution < -0.4 is 5.32 Å². The third-order valence-corrected chi connectivity index (χ3v) is 4.29. The minimum Gasteiger partial charge on any atom is -0.312 e. The summed E-state index contributed by atoms with van der Waals surface area (Å²) in [7, 11) is -3.00. The van der Waals surface area contributed by atoms with E-state index in [0.29, 0.717) is 10.9 Å². The maximum atomic E-state index is 11.3. The molecule has 98 valence electrons. The fourth-order valence-corrected chi connectivity index (χ4v) is 3.90. The summed E-state index contributed by atoms with van der Waals surface area (Å²) in [5, 5.41) is 3.96. The summed E-state index contributed by atoms with van der Waals surface area (Å²) < 4.78 is 22.5. The Balaban J connectivity index is 2.95. The van der Waals surface area contributed by atoms with E-state index in [-0.39, 0.29) is 5.75 Å². The van der Waals surface area contributed by atoms with Gasteiger partial charge in [-0.3, -0.25) is 0 Å². The highest BCUT2D eigenvalue weighted by Gasteiger charge is 2.16. The van der Waals surface area contributed by atoms with Crippen molar-refractivity contribution >= 4 is 21.2 Å². The molecule has 0 aliphatic rings. The monoisotopic (exact) mass is 276 g/mol. The zero-order valence-electron chi connectivity index (χ0n) is 10.8. The van der Waals surface area contributed by atoms with Gasteiger partial charge in [0.1, 0.15) is 10.8 Å². The van der Waals surface area contributed by atoms with Crippen LogP contribution in [0, 0.1) is 0 Å². The average Bonchev–Trinajstić information content (AvgIpc) is 2.55. The summed E-state index contributed by atoms with van der Waals surface area (Å²) >= 11 is 1.50. The highest BCUT2D eigenvalue weighted by molar-refractivity contribution is 7.90. The van der Waals surface area contributed by atoms with Crippen LogP contribution in [-0.4, -0.2) is 26.2 Å². The van der Waals surface area contributed by atoms with Gasteiger partial charge in [0.25, 0.3) is 0 Å². The summed E-state index contributed by atoms with van der Waals surface area (Å²) in [5.41, 5.74) is 1.02. The van der Waals surface area contributed by atoms with Crippen molar-refractivity contribution in [3.63, 3.8) is 0 Å². The Morgan fingerprint density at radius 3 is 2.53 bits per heavy atom. The topological polar surface area (TPSA) is 59.1 Å². The number of thiazole rings is 1. The Labute approximate surface area is 107 Å². The first kappa shape index (κ1) is 14.6. The van der Waals surface area contributed by atoms with E-state index < -0.39 is 9.84 Å². The van der Waals surface area contributed by atoms with Crippen LogP contribution in [0.1, 0.15) is 42.3 Å². The quantitative estimate of drug-likeness (QED) is 0.862. The summed E-state index contributed by atoms with van der Waals surface area (Å²) in [5.74, 6) is 0.372. The first-order valence-electron chi connectivity index (χ1n) is 5.70. The molecule has 0 aromatic carbocycles. The van der Waals surface area contributed by atoms with E-state index in [1.54, 1.807) is 0 Å². The molecule has 4 nitrogen and oxygen atoms in total. The molecule has 0 atom stereocenters. The molecule has 1 rings (SSSR count). The van der Waals surface area contributed by atoms with E-state index in [0.717, 1.165) is 23.7 Å². The second-order valence-electron chi connectivity index (χ2n) is 4.42. The maximum absolute atomic E-state index is 11.3. The van der Waals surface area contributed by atoms with Crippen molar-refractivity contribution in [1.82, 2.24) is 10.3 Å². The highest BCUT2D eigenvalue weighted by atomic mass is 32.2. The largest absolute Gasteiger partial charge is 0.312 e. The lowest BCUT2D eigenvalue weighted by molar-refractivity contribution is 0.601. The van der Waals surface area contributed by atoms with E-state index in [4.69, 9.17) is 0 Å². The average molecular weight is 276 g/mol. The van der Waals surface area contributed by atoms with Crippen molar-refractivity contribution in [1.29, 1.82) is 0 Å². The number of nitrogens with one attached hydrogen (secondary N) is 1. The van der Waals surface area contributed by atoms with Crippen LogP contribution in [0.25, 0.3) is 0 Å². The number of aromatic nitrogens is 1. The Hall–Kier alpha value is -0.460. The lowest BCUT2D eigenvalue weighted by atomic mass is 10.1. The van der Waals surface area contributed by atoms with Crippen LogP contribution in [0.3, 0.4) is 0 Å². The van der Waals surface area contributed by atoms with E-state index in [1.807, 2.05) is 6.92 Å². The molecule has 17 heavy (non-hydrogen) atoms. The van der Waals surface area contributed by atoms with Crippen molar-refractivity contribution in [2.24, 2.45) is 0 Å². The minimum atomic E-state index is -3.00. The van der Waals surface area contributed by atoms with Crippen molar-refractivity contribution in [2.45, 2.75) is 39.0 Å². The number of nitrogens with zero attached hydrogens (tertiary/aromatic N) is 1. The normalized spacial score (nSPS) is 12.3. The second-order valence-corrected chi connectivity index (χ2v) is 7.73. The maximum Gasteiger partial charge on any atom is 0.153 e. The van der Waals surface area contributed by atoms with Gasteiger partial charge in [0.2, 0.25) is 0 Å².